The van der Waals surface area contributed by atoms with Crippen molar-refractivity contribution in [1.82, 2.24) is 0 Å². The molecule has 1 fully saturated rings. The van der Waals surface area contributed by atoms with Gasteiger partial charge in [-0.05, 0) is 52.7 Å². The Labute approximate surface area is 151 Å². The van der Waals surface area contributed by atoms with E-state index in [4.69, 9.17) is 43.6 Å². The van der Waals surface area contributed by atoms with Gasteiger partial charge in [0.05, 0.1) is 26.4 Å². The van der Waals surface area contributed by atoms with Gasteiger partial charge in [0.1, 0.15) is 4.33 Å². The van der Waals surface area contributed by atoms with Gasteiger partial charge in [0.2, 0.25) is 0 Å². The van der Waals surface area contributed by atoms with Gasteiger partial charge in [0, 0.05) is 11.8 Å². The summed E-state index contributed by atoms with van der Waals surface area (Å²) in [6, 6.07) is 3.95. The third-order valence-electron chi connectivity index (χ3n) is 5.30. The minimum absolute atomic E-state index is 0.0168. The lowest BCUT2D eigenvalue weighted by molar-refractivity contribution is 0.260. The fourth-order valence-electron chi connectivity index (χ4n) is 3.54. The Morgan fingerprint density at radius 3 is 1.54 bits per heavy atom. The quantitative estimate of drug-likeness (QED) is 0.489. The van der Waals surface area contributed by atoms with E-state index in [1.165, 1.54) is 11.1 Å². The fraction of sp³-hybridized carbons (Fsp3) is 0.556. The highest BCUT2D eigenvalue weighted by molar-refractivity contribution is 6.51. The third-order valence-corrected chi connectivity index (χ3v) is 6.42. The number of aliphatic hydroxyl groups excluding tert-OH is 4. The lowest BCUT2D eigenvalue weighted by Gasteiger charge is -2.15. The second-order valence-corrected chi connectivity index (χ2v) is 8.15. The average molecular weight is 373 g/mol. The number of alkyl halides is 2. The van der Waals surface area contributed by atoms with Crippen LogP contribution in [0.1, 0.15) is 35.1 Å². The predicted molar refractivity (Wildman–Crippen MR) is 92.9 cm³/mol. The number of fused-ring (bicyclic) bond motifs is 2. The van der Waals surface area contributed by atoms with Gasteiger partial charge >= 0.3 is 0 Å². The maximum Gasteiger partial charge on any atom is 0.125 e. The summed E-state index contributed by atoms with van der Waals surface area (Å²) in [5.41, 5.74) is 6.20. The topological polar surface area (TPSA) is 80.9 Å². The van der Waals surface area contributed by atoms with Crippen molar-refractivity contribution in [2.24, 2.45) is 11.8 Å². The van der Waals surface area contributed by atoms with Crippen molar-refractivity contribution in [2.75, 3.05) is 13.2 Å². The van der Waals surface area contributed by atoms with Gasteiger partial charge in [-0.1, -0.05) is 12.1 Å². The molecule has 1 saturated carbocycles. The number of aliphatic hydroxyl groups is 4. The lowest BCUT2D eigenvalue weighted by atomic mass is 9.93. The summed E-state index contributed by atoms with van der Waals surface area (Å²) in [5.74, 6) is 0.571. The molecule has 4 N–H and O–H groups in total. The summed E-state index contributed by atoms with van der Waals surface area (Å²) in [6.07, 6.45) is 2.51. The largest absolute Gasteiger partial charge is 0.392 e. The van der Waals surface area contributed by atoms with Crippen LogP contribution in [-0.4, -0.2) is 38.0 Å². The normalized spacial score (nSPS) is 25.4. The van der Waals surface area contributed by atoms with E-state index in [0.29, 0.717) is 0 Å². The van der Waals surface area contributed by atoms with E-state index >= 15 is 0 Å². The summed E-state index contributed by atoms with van der Waals surface area (Å²) in [7, 11) is 0. The molecule has 132 valence electrons. The number of rotatable bonds is 4. The van der Waals surface area contributed by atoms with Crippen molar-refractivity contribution in [3.05, 3.63) is 45.5 Å². The molecule has 0 radical (unpaired) electrons. The van der Waals surface area contributed by atoms with Gasteiger partial charge in [0.15, 0.2) is 0 Å². The van der Waals surface area contributed by atoms with Crippen LogP contribution in [0.4, 0.5) is 0 Å². The monoisotopic (exact) mass is 372 g/mol. The van der Waals surface area contributed by atoms with E-state index in [0.717, 1.165) is 41.5 Å². The zero-order chi connectivity index (χ0) is 17.5. The van der Waals surface area contributed by atoms with Crippen LogP contribution >= 0.6 is 23.2 Å². The molecule has 3 aliphatic rings. The Bertz CT molecular complexity index is 616. The zero-order valence-electron chi connectivity index (χ0n) is 13.3. The van der Waals surface area contributed by atoms with Crippen LogP contribution in [0.15, 0.2) is 23.3 Å². The SMILES string of the molecule is OCC1=C(CO)CC2C(C1)C2(Cl)Cl.OCc1cc2c(cc1CO)C2. The highest BCUT2D eigenvalue weighted by atomic mass is 35.5. The number of hydrogen-bond donors (Lipinski definition) is 4. The molecular formula is C18H22Cl2O4. The highest BCUT2D eigenvalue weighted by Crippen LogP contribution is 2.66. The van der Waals surface area contributed by atoms with E-state index in [1.807, 2.05) is 12.1 Å². The molecule has 0 amide bonds. The first-order valence-corrected chi connectivity index (χ1v) is 8.86. The fourth-order valence-corrected chi connectivity index (χ4v) is 4.33. The van der Waals surface area contributed by atoms with Crippen LogP contribution < -0.4 is 0 Å². The van der Waals surface area contributed by atoms with Crippen LogP contribution in [0.2, 0.25) is 0 Å². The molecule has 0 saturated heterocycles. The molecule has 3 aliphatic carbocycles. The molecule has 24 heavy (non-hydrogen) atoms. The minimum atomic E-state index is -0.614. The summed E-state index contributed by atoms with van der Waals surface area (Å²) in [4.78, 5) is 0. The molecule has 0 spiro atoms. The maximum atomic E-state index is 9.04. The van der Waals surface area contributed by atoms with Crippen LogP contribution in [-0.2, 0) is 19.6 Å². The van der Waals surface area contributed by atoms with Crippen molar-refractivity contribution in [3.63, 3.8) is 0 Å². The van der Waals surface area contributed by atoms with Crippen LogP contribution in [0.25, 0.3) is 0 Å². The van der Waals surface area contributed by atoms with Crippen molar-refractivity contribution in [3.8, 4) is 0 Å². The van der Waals surface area contributed by atoms with Crippen molar-refractivity contribution >= 4 is 23.2 Å². The van der Waals surface area contributed by atoms with Gasteiger partial charge in [0.25, 0.3) is 0 Å². The third kappa shape index (κ3) is 3.36. The van der Waals surface area contributed by atoms with Gasteiger partial charge in [-0.3, -0.25) is 0 Å². The van der Waals surface area contributed by atoms with Crippen LogP contribution in [0.5, 0.6) is 0 Å². The van der Waals surface area contributed by atoms with Gasteiger partial charge in [-0.2, -0.15) is 0 Å². The number of halogens is 2. The summed E-state index contributed by atoms with van der Waals surface area (Å²) >= 11 is 12.1. The Kier molecular flexibility index (Phi) is 5.26. The van der Waals surface area contributed by atoms with Crippen molar-refractivity contribution < 1.29 is 20.4 Å². The maximum absolute atomic E-state index is 9.04. The Morgan fingerprint density at radius 2 is 1.21 bits per heavy atom. The first-order chi connectivity index (χ1) is 11.5. The second kappa shape index (κ2) is 6.94. The molecule has 0 aliphatic heterocycles. The van der Waals surface area contributed by atoms with Crippen LogP contribution in [0.3, 0.4) is 0 Å². The zero-order valence-corrected chi connectivity index (χ0v) is 14.8. The van der Waals surface area contributed by atoms with E-state index < -0.39 is 4.33 Å². The predicted octanol–water partition coefficient (Wildman–Crippen LogP) is 2.06. The van der Waals surface area contributed by atoms with E-state index in [1.54, 1.807) is 0 Å². The van der Waals surface area contributed by atoms with Crippen molar-refractivity contribution in [1.29, 1.82) is 0 Å². The Morgan fingerprint density at radius 1 is 0.792 bits per heavy atom. The first-order valence-electron chi connectivity index (χ1n) is 8.10. The Hall–Kier alpha value is -0.620. The summed E-state index contributed by atoms with van der Waals surface area (Å²) in [6.45, 7) is 0.0955. The van der Waals surface area contributed by atoms with Gasteiger partial charge < -0.3 is 20.4 Å². The lowest BCUT2D eigenvalue weighted by Crippen LogP contribution is -2.08. The summed E-state index contributed by atoms with van der Waals surface area (Å²) < 4.78 is -0.614. The molecule has 1 aromatic rings. The Balaban J connectivity index is 0.000000143. The first kappa shape index (κ1) is 18.2. The molecule has 0 bridgehead atoms. The molecule has 4 rings (SSSR count). The van der Waals surface area contributed by atoms with Gasteiger partial charge in [-0.15, -0.1) is 23.2 Å². The average Bonchev–Trinajstić information content (AvgIpc) is 3.48. The molecule has 2 unspecified atom stereocenters. The second-order valence-electron chi connectivity index (χ2n) is 6.70. The molecular weight excluding hydrogens is 351 g/mol. The molecule has 4 nitrogen and oxygen atoms in total. The summed E-state index contributed by atoms with van der Waals surface area (Å²) in [5, 5.41) is 35.9. The molecule has 1 aromatic carbocycles. The molecule has 2 atom stereocenters. The number of benzene rings is 1. The van der Waals surface area contributed by atoms with E-state index in [2.05, 4.69) is 0 Å². The van der Waals surface area contributed by atoms with Crippen molar-refractivity contribution in [2.45, 2.75) is 36.8 Å². The van der Waals surface area contributed by atoms with E-state index in [9.17, 15) is 0 Å². The van der Waals surface area contributed by atoms with Crippen LogP contribution in [0, 0.1) is 11.8 Å². The highest BCUT2D eigenvalue weighted by Gasteiger charge is 2.64. The van der Waals surface area contributed by atoms with E-state index in [-0.39, 0.29) is 38.3 Å². The number of hydrogen-bond acceptors (Lipinski definition) is 4. The minimum Gasteiger partial charge on any atom is -0.392 e. The smallest absolute Gasteiger partial charge is 0.125 e. The molecule has 0 aromatic heterocycles. The molecule has 0 heterocycles. The standard InChI is InChI=1S/C9H12Cl2O2.C9H10O2/c10-9(11)7-1-5(3-12)6(4-13)2-8(7)9;10-4-8-2-6-1-7(6)3-9(8)5-11/h7-8,12-13H,1-4H2;2-3,10-11H,1,4-5H2. The molecule has 6 heteroatoms. The van der Waals surface area contributed by atoms with Gasteiger partial charge in [-0.25, -0.2) is 0 Å².